The Bertz CT molecular complexity index is 936. The SMILES string of the molecule is CC(C)c1nc2n(n1)CCC[C@@H]2NS(=O)(=O)c1ccc2c(c1)C[C@H](C)O2. The minimum absolute atomic E-state index is 0.0854. The van der Waals surface area contributed by atoms with Crippen LogP contribution in [0.25, 0.3) is 0 Å². The number of nitrogens with one attached hydrogen (secondary N) is 1. The predicted octanol–water partition coefficient (Wildman–Crippen LogP) is 2.54. The van der Waals surface area contributed by atoms with Crippen LogP contribution in [-0.2, 0) is 23.0 Å². The second kappa shape index (κ2) is 6.35. The van der Waals surface area contributed by atoms with Gasteiger partial charge in [-0.1, -0.05) is 13.8 Å². The number of ether oxygens (including phenoxy) is 1. The third-order valence-electron chi connectivity index (χ3n) is 4.88. The third kappa shape index (κ3) is 3.12. The maximum atomic E-state index is 12.9. The van der Waals surface area contributed by atoms with Crippen molar-refractivity contribution in [1.29, 1.82) is 0 Å². The van der Waals surface area contributed by atoms with Crippen LogP contribution >= 0.6 is 0 Å². The molecule has 2 atom stereocenters. The summed E-state index contributed by atoms with van der Waals surface area (Å²) >= 11 is 0. The number of rotatable bonds is 4. The van der Waals surface area contributed by atoms with E-state index in [0.717, 1.165) is 42.9 Å². The zero-order chi connectivity index (χ0) is 18.5. The Morgan fingerprint density at radius 3 is 2.92 bits per heavy atom. The van der Waals surface area contributed by atoms with Gasteiger partial charge >= 0.3 is 0 Å². The monoisotopic (exact) mass is 376 g/mol. The fourth-order valence-electron chi connectivity index (χ4n) is 3.55. The number of sulfonamides is 1. The van der Waals surface area contributed by atoms with Gasteiger partial charge in [0.15, 0.2) is 5.82 Å². The maximum Gasteiger partial charge on any atom is 0.241 e. The lowest BCUT2D eigenvalue weighted by molar-refractivity contribution is 0.254. The van der Waals surface area contributed by atoms with Gasteiger partial charge in [-0.2, -0.15) is 5.10 Å². The van der Waals surface area contributed by atoms with Crippen LogP contribution in [0.5, 0.6) is 5.75 Å². The first kappa shape index (κ1) is 17.5. The van der Waals surface area contributed by atoms with Crippen LogP contribution in [0.1, 0.15) is 62.8 Å². The molecule has 0 fully saturated rings. The van der Waals surface area contributed by atoms with Crippen LogP contribution in [0.15, 0.2) is 23.1 Å². The third-order valence-corrected chi connectivity index (χ3v) is 6.35. The molecule has 7 nitrogen and oxygen atoms in total. The summed E-state index contributed by atoms with van der Waals surface area (Å²) in [6, 6.07) is 4.71. The molecule has 0 spiro atoms. The van der Waals surface area contributed by atoms with E-state index >= 15 is 0 Å². The van der Waals surface area contributed by atoms with Crippen molar-refractivity contribution in [2.75, 3.05) is 0 Å². The number of aromatic nitrogens is 3. The van der Waals surface area contributed by atoms with Crippen molar-refractivity contribution < 1.29 is 13.2 Å². The Morgan fingerprint density at radius 1 is 1.35 bits per heavy atom. The van der Waals surface area contributed by atoms with E-state index in [0.29, 0.717) is 5.82 Å². The lowest BCUT2D eigenvalue weighted by Crippen LogP contribution is -2.33. The summed E-state index contributed by atoms with van der Waals surface area (Å²) in [4.78, 5) is 4.86. The number of nitrogens with zero attached hydrogens (tertiary/aromatic N) is 3. The van der Waals surface area contributed by atoms with Gasteiger partial charge < -0.3 is 4.74 Å². The van der Waals surface area contributed by atoms with Crippen molar-refractivity contribution in [3.63, 3.8) is 0 Å². The molecule has 0 aliphatic carbocycles. The molecule has 0 saturated carbocycles. The fourth-order valence-corrected chi connectivity index (χ4v) is 4.82. The molecule has 0 amide bonds. The van der Waals surface area contributed by atoms with Gasteiger partial charge in [-0.3, -0.25) is 0 Å². The Kier molecular flexibility index (Phi) is 4.27. The zero-order valence-electron chi connectivity index (χ0n) is 15.3. The van der Waals surface area contributed by atoms with Gasteiger partial charge in [0.2, 0.25) is 10.0 Å². The molecule has 0 unspecified atom stereocenters. The summed E-state index contributed by atoms with van der Waals surface area (Å²) in [5, 5.41) is 4.51. The van der Waals surface area contributed by atoms with Gasteiger partial charge in [0.1, 0.15) is 17.7 Å². The number of hydrogen-bond donors (Lipinski definition) is 1. The number of hydrogen-bond acceptors (Lipinski definition) is 5. The van der Waals surface area contributed by atoms with Crippen LogP contribution in [-0.4, -0.2) is 29.3 Å². The highest BCUT2D eigenvalue weighted by atomic mass is 32.2. The molecule has 26 heavy (non-hydrogen) atoms. The molecular formula is C18H24N4O3S. The van der Waals surface area contributed by atoms with Crippen LogP contribution in [0.2, 0.25) is 0 Å². The molecule has 1 N–H and O–H groups in total. The van der Waals surface area contributed by atoms with Crippen LogP contribution in [0.4, 0.5) is 0 Å². The summed E-state index contributed by atoms with van der Waals surface area (Å²) in [6.07, 6.45) is 2.41. The van der Waals surface area contributed by atoms with Gasteiger partial charge in [0.05, 0.1) is 10.9 Å². The number of benzene rings is 1. The molecule has 2 aliphatic heterocycles. The molecule has 1 aromatic carbocycles. The van der Waals surface area contributed by atoms with Crippen molar-refractivity contribution in [2.45, 2.75) is 69.5 Å². The summed E-state index contributed by atoms with van der Waals surface area (Å²) in [7, 11) is -3.64. The average Bonchev–Trinajstić information content (AvgIpc) is 3.16. The van der Waals surface area contributed by atoms with E-state index in [9.17, 15) is 8.42 Å². The highest BCUT2D eigenvalue weighted by molar-refractivity contribution is 7.89. The molecule has 0 saturated heterocycles. The van der Waals surface area contributed by atoms with Crippen LogP contribution in [0.3, 0.4) is 0 Å². The van der Waals surface area contributed by atoms with Crippen molar-refractivity contribution in [2.24, 2.45) is 0 Å². The largest absolute Gasteiger partial charge is 0.490 e. The summed E-state index contributed by atoms with van der Waals surface area (Å²) < 4.78 is 36.2. The molecule has 140 valence electrons. The minimum atomic E-state index is -3.64. The van der Waals surface area contributed by atoms with Crippen molar-refractivity contribution in [3.05, 3.63) is 35.4 Å². The quantitative estimate of drug-likeness (QED) is 0.886. The van der Waals surface area contributed by atoms with E-state index in [4.69, 9.17) is 4.74 Å². The van der Waals surface area contributed by atoms with E-state index in [1.165, 1.54) is 0 Å². The van der Waals surface area contributed by atoms with E-state index in [-0.39, 0.29) is 23.0 Å². The van der Waals surface area contributed by atoms with E-state index in [1.54, 1.807) is 18.2 Å². The Balaban J connectivity index is 1.61. The van der Waals surface area contributed by atoms with Gasteiger partial charge in [0.25, 0.3) is 0 Å². The first-order chi connectivity index (χ1) is 12.3. The van der Waals surface area contributed by atoms with E-state index in [2.05, 4.69) is 14.8 Å². The topological polar surface area (TPSA) is 86.1 Å². The average molecular weight is 376 g/mol. The second-order valence-corrected chi connectivity index (χ2v) is 9.14. The van der Waals surface area contributed by atoms with Gasteiger partial charge in [-0.05, 0) is 43.5 Å². The molecule has 2 aliphatic rings. The highest BCUT2D eigenvalue weighted by Gasteiger charge is 2.30. The van der Waals surface area contributed by atoms with Crippen molar-refractivity contribution >= 4 is 10.0 Å². The first-order valence-corrected chi connectivity index (χ1v) is 10.6. The predicted molar refractivity (Wildman–Crippen MR) is 96.6 cm³/mol. The molecule has 1 aromatic heterocycles. The van der Waals surface area contributed by atoms with Gasteiger partial charge in [0, 0.05) is 18.9 Å². The smallest absolute Gasteiger partial charge is 0.241 e. The van der Waals surface area contributed by atoms with Gasteiger partial charge in [-0.15, -0.1) is 0 Å². The Labute approximate surface area is 153 Å². The molecule has 8 heteroatoms. The summed E-state index contributed by atoms with van der Waals surface area (Å²) in [6.45, 7) is 6.83. The summed E-state index contributed by atoms with van der Waals surface area (Å²) in [5.41, 5.74) is 0.939. The first-order valence-electron chi connectivity index (χ1n) is 9.10. The van der Waals surface area contributed by atoms with Crippen molar-refractivity contribution in [1.82, 2.24) is 19.5 Å². The standard InChI is InChI=1S/C18H24N4O3S/c1-11(2)17-19-18-15(5-4-8-22(18)20-17)21-26(23,24)14-6-7-16-13(10-14)9-12(3)25-16/h6-7,10-12,15,21H,4-5,8-9H2,1-3H3/t12-,15-/m0/s1. The molecule has 4 rings (SSSR count). The lowest BCUT2D eigenvalue weighted by Gasteiger charge is -2.23. The molecular weight excluding hydrogens is 352 g/mol. The normalized spacial score (nSPS) is 22.2. The fraction of sp³-hybridized carbons (Fsp3) is 0.556. The molecule has 2 aromatic rings. The molecule has 3 heterocycles. The minimum Gasteiger partial charge on any atom is -0.490 e. The molecule has 0 bridgehead atoms. The summed E-state index contributed by atoms with van der Waals surface area (Å²) in [5.74, 6) is 2.45. The Morgan fingerprint density at radius 2 is 2.15 bits per heavy atom. The van der Waals surface area contributed by atoms with E-state index < -0.39 is 10.0 Å². The lowest BCUT2D eigenvalue weighted by atomic mass is 10.1. The number of aryl methyl sites for hydroxylation is 1. The second-order valence-electron chi connectivity index (χ2n) is 7.42. The number of fused-ring (bicyclic) bond motifs is 2. The highest BCUT2D eigenvalue weighted by Crippen LogP contribution is 2.32. The van der Waals surface area contributed by atoms with Crippen LogP contribution in [0, 0.1) is 0 Å². The maximum absolute atomic E-state index is 12.9. The Hall–Kier alpha value is -1.93. The zero-order valence-corrected chi connectivity index (χ0v) is 16.1. The van der Waals surface area contributed by atoms with E-state index in [1.807, 2.05) is 25.5 Å². The van der Waals surface area contributed by atoms with Crippen LogP contribution < -0.4 is 9.46 Å². The molecule has 0 radical (unpaired) electrons. The van der Waals surface area contributed by atoms with Gasteiger partial charge in [-0.25, -0.2) is 22.8 Å². The van der Waals surface area contributed by atoms with Crippen molar-refractivity contribution in [3.8, 4) is 5.75 Å².